The van der Waals surface area contributed by atoms with Gasteiger partial charge in [0.2, 0.25) is 0 Å². The van der Waals surface area contributed by atoms with Crippen LogP contribution in [-0.4, -0.2) is 27.9 Å². The second-order valence-electron chi connectivity index (χ2n) is 4.34. The van der Waals surface area contributed by atoms with Crippen molar-refractivity contribution in [3.63, 3.8) is 0 Å². The van der Waals surface area contributed by atoms with Crippen LogP contribution in [-0.2, 0) is 6.54 Å². The van der Waals surface area contributed by atoms with Gasteiger partial charge in [-0.25, -0.2) is 8.78 Å². The Hall–Kier alpha value is -2.50. The Morgan fingerprint density at radius 1 is 1.25 bits per heavy atom. The number of aromatic hydroxyl groups is 1. The van der Waals surface area contributed by atoms with Crippen molar-refractivity contribution in [2.45, 2.75) is 6.54 Å². The summed E-state index contributed by atoms with van der Waals surface area (Å²) in [5.74, 6) is -2.38. The second kappa shape index (κ2) is 5.64. The summed E-state index contributed by atoms with van der Waals surface area (Å²) in [6.45, 7) is 0.117. The average Bonchev–Trinajstić information content (AvgIpc) is 2.42. The molecule has 0 unspecified atom stereocenters. The zero-order valence-electron chi connectivity index (χ0n) is 10.7. The maximum atomic E-state index is 13.1. The molecule has 0 fully saturated rings. The van der Waals surface area contributed by atoms with Crippen LogP contribution in [0, 0.1) is 11.6 Å². The van der Waals surface area contributed by atoms with Crippen LogP contribution in [0.15, 0.2) is 36.7 Å². The number of halogens is 2. The first-order valence-electron chi connectivity index (χ1n) is 5.81. The van der Waals surface area contributed by atoms with Crippen LogP contribution in [0.1, 0.15) is 15.9 Å². The zero-order valence-corrected chi connectivity index (χ0v) is 10.7. The summed E-state index contributed by atoms with van der Waals surface area (Å²) in [6.07, 6.45) is 2.54. The third-order valence-corrected chi connectivity index (χ3v) is 2.72. The van der Waals surface area contributed by atoms with E-state index in [1.165, 1.54) is 36.5 Å². The van der Waals surface area contributed by atoms with Gasteiger partial charge in [0.25, 0.3) is 5.91 Å². The summed E-state index contributed by atoms with van der Waals surface area (Å²) in [4.78, 5) is 17.1. The molecular formula is C14H12F2N2O2. The number of benzene rings is 1. The van der Waals surface area contributed by atoms with Crippen molar-refractivity contribution in [1.82, 2.24) is 9.88 Å². The molecule has 2 aromatic rings. The molecule has 104 valence electrons. The van der Waals surface area contributed by atoms with Gasteiger partial charge in [-0.2, -0.15) is 0 Å². The summed E-state index contributed by atoms with van der Waals surface area (Å²) in [5, 5.41) is 9.28. The molecule has 0 atom stereocenters. The van der Waals surface area contributed by atoms with Gasteiger partial charge in [0.15, 0.2) is 11.6 Å². The van der Waals surface area contributed by atoms with Gasteiger partial charge in [0.1, 0.15) is 5.75 Å². The molecular weight excluding hydrogens is 266 g/mol. The Labute approximate surface area is 114 Å². The first-order chi connectivity index (χ1) is 9.47. The molecule has 0 aliphatic rings. The van der Waals surface area contributed by atoms with Crippen molar-refractivity contribution < 1.29 is 18.7 Å². The molecule has 4 nitrogen and oxygen atoms in total. The molecule has 0 spiro atoms. The van der Waals surface area contributed by atoms with Crippen molar-refractivity contribution in [3.05, 3.63) is 59.4 Å². The summed E-state index contributed by atoms with van der Waals surface area (Å²) in [7, 11) is 1.52. The number of carbonyl (C=O) groups excluding carboxylic acids is 1. The first-order valence-corrected chi connectivity index (χ1v) is 5.81. The van der Waals surface area contributed by atoms with Crippen LogP contribution >= 0.6 is 0 Å². The molecule has 6 heteroatoms. The van der Waals surface area contributed by atoms with Gasteiger partial charge >= 0.3 is 0 Å². The van der Waals surface area contributed by atoms with Gasteiger partial charge in [0, 0.05) is 19.8 Å². The van der Waals surface area contributed by atoms with Crippen molar-refractivity contribution in [3.8, 4) is 5.75 Å². The standard InChI is InChI=1S/C14H12F2N2O2/c1-18(8-9-2-3-12(15)13(16)4-9)14(20)10-5-11(19)7-17-6-10/h2-7,19H,8H2,1H3. The lowest BCUT2D eigenvalue weighted by atomic mass is 10.2. The second-order valence-corrected chi connectivity index (χ2v) is 4.34. The van der Waals surface area contributed by atoms with Crippen molar-refractivity contribution in [2.75, 3.05) is 7.05 Å². The third kappa shape index (κ3) is 3.09. The number of amides is 1. The molecule has 0 bridgehead atoms. The first kappa shape index (κ1) is 13.9. The monoisotopic (exact) mass is 278 g/mol. The molecule has 0 saturated carbocycles. The van der Waals surface area contributed by atoms with Crippen molar-refractivity contribution in [2.24, 2.45) is 0 Å². The highest BCUT2D eigenvalue weighted by atomic mass is 19.2. The van der Waals surface area contributed by atoms with Crippen LogP contribution in [0.5, 0.6) is 5.75 Å². The molecule has 0 radical (unpaired) electrons. The largest absolute Gasteiger partial charge is 0.506 e. The Bertz CT molecular complexity index is 647. The Morgan fingerprint density at radius 2 is 2.00 bits per heavy atom. The van der Waals surface area contributed by atoms with Gasteiger partial charge < -0.3 is 10.0 Å². The lowest BCUT2D eigenvalue weighted by Crippen LogP contribution is -2.26. The molecule has 1 aromatic carbocycles. The third-order valence-electron chi connectivity index (χ3n) is 2.72. The zero-order chi connectivity index (χ0) is 14.7. The van der Waals surface area contributed by atoms with Crippen LogP contribution in [0.4, 0.5) is 8.78 Å². The predicted molar refractivity (Wildman–Crippen MR) is 68.1 cm³/mol. The fraction of sp³-hybridized carbons (Fsp3) is 0.143. The number of nitrogens with zero attached hydrogens (tertiary/aromatic N) is 2. The number of hydrogen-bond donors (Lipinski definition) is 1. The quantitative estimate of drug-likeness (QED) is 0.937. The highest BCUT2D eigenvalue weighted by molar-refractivity contribution is 5.94. The smallest absolute Gasteiger partial charge is 0.255 e. The van der Waals surface area contributed by atoms with E-state index in [-0.39, 0.29) is 23.8 Å². The lowest BCUT2D eigenvalue weighted by molar-refractivity contribution is 0.0784. The average molecular weight is 278 g/mol. The number of rotatable bonds is 3. The van der Waals surface area contributed by atoms with Crippen LogP contribution < -0.4 is 0 Å². The minimum atomic E-state index is -0.956. The van der Waals surface area contributed by atoms with Crippen LogP contribution in [0.25, 0.3) is 0 Å². The van der Waals surface area contributed by atoms with Crippen LogP contribution in [0.2, 0.25) is 0 Å². The van der Waals surface area contributed by atoms with Crippen LogP contribution in [0.3, 0.4) is 0 Å². The Balaban J connectivity index is 2.13. The Morgan fingerprint density at radius 3 is 2.65 bits per heavy atom. The van der Waals surface area contributed by atoms with Crippen molar-refractivity contribution >= 4 is 5.91 Å². The van der Waals surface area contributed by atoms with Crippen molar-refractivity contribution in [1.29, 1.82) is 0 Å². The lowest BCUT2D eigenvalue weighted by Gasteiger charge is -2.17. The highest BCUT2D eigenvalue weighted by Crippen LogP contribution is 2.14. The van der Waals surface area contributed by atoms with E-state index in [2.05, 4.69) is 4.98 Å². The molecule has 2 rings (SSSR count). The topological polar surface area (TPSA) is 53.4 Å². The normalized spacial score (nSPS) is 10.3. The van der Waals surface area contributed by atoms with E-state index in [0.29, 0.717) is 5.56 Å². The summed E-state index contributed by atoms with van der Waals surface area (Å²) in [6, 6.07) is 4.75. The maximum Gasteiger partial charge on any atom is 0.255 e. The predicted octanol–water partition coefficient (Wildman–Crippen LogP) is 2.34. The van der Waals surface area contributed by atoms with E-state index in [0.717, 1.165) is 12.1 Å². The number of carbonyl (C=O) groups is 1. The fourth-order valence-corrected chi connectivity index (χ4v) is 1.75. The van der Waals surface area contributed by atoms with Gasteiger partial charge in [-0.3, -0.25) is 9.78 Å². The molecule has 1 heterocycles. The van der Waals surface area contributed by atoms with E-state index in [9.17, 15) is 18.7 Å². The molecule has 0 saturated heterocycles. The minimum absolute atomic E-state index is 0.114. The molecule has 1 N–H and O–H groups in total. The van der Waals surface area contributed by atoms with Gasteiger partial charge in [-0.1, -0.05) is 6.07 Å². The van der Waals surface area contributed by atoms with Gasteiger partial charge in [0.05, 0.1) is 11.8 Å². The molecule has 0 aliphatic carbocycles. The van der Waals surface area contributed by atoms with Gasteiger partial charge in [-0.15, -0.1) is 0 Å². The molecule has 1 amide bonds. The van der Waals surface area contributed by atoms with E-state index in [4.69, 9.17) is 0 Å². The van der Waals surface area contributed by atoms with E-state index >= 15 is 0 Å². The fourth-order valence-electron chi connectivity index (χ4n) is 1.75. The van der Waals surface area contributed by atoms with Gasteiger partial charge in [-0.05, 0) is 23.8 Å². The number of pyridine rings is 1. The molecule has 0 aliphatic heterocycles. The molecule has 20 heavy (non-hydrogen) atoms. The molecule has 1 aromatic heterocycles. The number of aromatic nitrogens is 1. The summed E-state index contributed by atoms with van der Waals surface area (Å²) < 4.78 is 25.9. The van der Waals surface area contributed by atoms with E-state index in [1.807, 2.05) is 0 Å². The minimum Gasteiger partial charge on any atom is -0.506 e. The summed E-state index contributed by atoms with van der Waals surface area (Å²) >= 11 is 0. The SMILES string of the molecule is CN(Cc1ccc(F)c(F)c1)C(=O)c1cncc(O)c1. The Kier molecular flexibility index (Phi) is 3.93. The van der Waals surface area contributed by atoms with E-state index in [1.54, 1.807) is 0 Å². The number of hydrogen-bond acceptors (Lipinski definition) is 3. The highest BCUT2D eigenvalue weighted by Gasteiger charge is 2.14. The van der Waals surface area contributed by atoms with E-state index < -0.39 is 11.6 Å². The summed E-state index contributed by atoms with van der Waals surface area (Å²) in [5.41, 5.74) is 0.683. The maximum absolute atomic E-state index is 13.1.